The second-order valence-electron chi connectivity index (χ2n) is 4.58. The van der Waals surface area contributed by atoms with Gasteiger partial charge in [0.25, 0.3) is 0 Å². The molecule has 2 rings (SSSR count). The van der Waals surface area contributed by atoms with Gasteiger partial charge in [-0.25, -0.2) is 4.79 Å². The number of nitrogens with zero attached hydrogens (tertiary/aromatic N) is 2. The number of anilines is 2. The molecule has 0 radical (unpaired) electrons. The Kier molecular flexibility index (Phi) is 4.47. The van der Waals surface area contributed by atoms with Crippen molar-refractivity contribution in [2.75, 3.05) is 30.3 Å². The molecule has 1 saturated heterocycles. The Labute approximate surface area is 121 Å². The van der Waals surface area contributed by atoms with E-state index in [9.17, 15) is 9.90 Å². The number of nitrogens with two attached hydrogens (primary N) is 1. The SMILES string of the molecule is CCOC(=O)c1c(N2CCC(O)CC2)sc(C#N)c1N. The summed E-state index contributed by atoms with van der Waals surface area (Å²) in [5, 5.41) is 19.3. The molecule has 1 aromatic heterocycles. The van der Waals surface area contributed by atoms with Crippen molar-refractivity contribution in [1.29, 1.82) is 5.26 Å². The van der Waals surface area contributed by atoms with Crippen molar-refractivity contribution in [3.8, 4) is 6.07 Å². The maximum Gasteiger partial charge on any atom is 0.343 e. The second-order valence-corrected chi connectivity index (χ2v) is 5.57. The summed E-state index contributed by atoms with van der Waals surface area (Å²) >= 11 is 1.21. The molecule has 1 aliphatic rings. The van der Waals surface area contributed by atoms with Crippen molar-refractivity contribution < 1.29 is 14.6 Å². The molecule has 0 unspecified atom stereocenters. The predicted octanol–water partition coefficient (Wildman–Crippen LogP) is 1.34. The van der Waals surface area contributed by atoms with Gasteiger partial charge >= 0.3 is 5.97 Å². The molecule has 0 atom stereocenters. The van der Waals surface area contributed by atoms with Gasteiger partial charge in [0.2, 0.25) is 0 Å². The molecular weight excluding hydrogens is 278 g/mol. The van der Waals surface area contributed by atoms with E-state index in [1.807, 2.05) is 11.0 Å². The summed E-state index contributed by atoms with van der Waals surface area (Å²) in [6.45, 7) is 3.26. The lowest BCUT2D eigenvalue weighted by molar-refractivity contribution is 0.0528. The summed E-state index contributed by atoms with van der Waals surface area (Å²) in [6, 6.07) is 2.01. The van der Waals surface area contributed by atoms with Crippen LogP contribution in [0.5, 0.6) is 0 Å². The number of nitriles is 1. The van der Waals surface area contributed by atoms with E-state index in [1.54, 1.807) is 6.92 Å². The van der Waals surface area contributed by atoms with E-state index in [2.05, 4.69) is 0 Å². The first-order valence-corrected chi connectivity index (χ1v) is 7.32. The average Bonchev–Trinajstić information content (AvgIpc) is 2.77. The third kappa shape index (κ3) is 2.71. The molecule has 1 aliphatic heterocycles. The standard InChI is InChI=1S/C13H17N3O3S/c1-2-19-13(18)10-11(15)9(7-14)20-12(10)16-5-3-8(17)4-6-16/h8,17H,2-6,15H2,1H3. The fourth-order valence-corrected chi connectivity index (χ4v) is 3.26. The number of carbonyl (C=O) groups is 1. The van der Waals surface area contributed by atoms with E-state index in [0.29, 0.717) is 35.8 Å². The molecule has 1 fully saturated rings. The number of piperidine rings is 1. The number of esters is 1. The van der Waals surface area contributed by atoms with Crippen LogP contribution >= 0.6 is 11.3 Å². The van der Waals surface area contributed by atoms with Crippen LogP contribution in [0.3, 0.4) is 0 Å². The Balaban J connectivity index is 2.36. The van der Waals surface area contributed by atoms with Crippen LogP contribution in [0, 0.1) is 11.3 Å². The highest BCUT2D eigenvalue weighted by atomic mass is 32.1. The number of hydrogen-bond donors (Lipinski definition) is 2. The van der Waals surface area contributed by atoms with Crippen LogP contribution in [0.1, 0.15) is 35.0 Å². The zero-order chi connectivity index (χ0) is 14.7. The van der Waals surface area contributed by atoms with Gasteiger partial charge in [-0.3, -0.25) is 0 Å². The lowest BCUT2D eigenvalue weighted by atomic mass is 10.1. The number of ether oxygens (including phenoxy) is 1. The smallest absolute Gasteiger partial charge is 0.343 e. The Morgan fingerprint density at radius 2 is 2.25 bits per heavy atom. The van der Waals surface area contributed by atoms with Crippen LogP contribution in [0.4, 0.5) is 10.7 Å². The van der Waals surface area contributed by atoms with Crippen molar-refractivity contribution in [3.05, 3.63) is 10.4 Å². The van der Waals surface area contributed by atoms with Gasteiger partial charge in [0.05, 0.1) is 18.4 Å². The monoisotopic (exact) mass is 295 g/mol. The molecular formula is C13H17N3O3S. The molecule has 0 aliphatic carbocycles. The minimum absolute atomic E-state index is 0.192. The van der Waals surface area contributed by atoms with E-state index in [0.717, 1.165) is 0 Å². The van der Waals surface area contributed by atoms with Gasteiger partial charge in [0, 0.05) is 13.1 Å². The number of rotatable bonds is 3. The second kappa shape index (κ2) is 6.11. The summed E-state index contributed by atoms with van der Waals surface area (Å²) in [5.41, 5.74) is 6.36. The van der Waals surface area contributed by atoms with Crippen LogP contribution in [0.15, 0.2) is 0 Å². The van der Waals surface area contributed by atoms with Crippen molar-refractivity contribution in [2.24, 2.45) is 0 Å². The quantitative estimate of drug-likeness (QED) is 0.816. The van der Waals surface area contributed by atoms with Crippen LogP contribution < -0.4 is 10.6 Å². The van der Waals surface area contributed by atoms with Crippen LogP contribution in [0.25, 0.3) is 0 Å². The zero-order valence-corrected chi connectivity index (χ0v) is 12.1. The van der Waals surface area contributed by atoms with E-state index in [-0.39, 0.29) is 24.0 Å². The highest BCUT2D eigenvalue weighted by Gasteiger charge is 2.28. The molecule has 0 bridgehead atoms. The number of aliphatic hydroxyl groups excluding tert-OH is 1. The van der Waals surface area contributed by atoms with Gasteiger partial charge in [-0.2, -0.15) is 5.26 Å². The number of carbonyl (C=O) groups excluding carboxylic acids is 1. The summed E-state index contributed by atoms with van der Waals surface area (Å²) < 4.78 is 5.02. The molecule has 0 aromatic carbocycles. The maximum absolute atomic E-state index is 12.0. The molecule has 0 saturated carbocycles. The first-order chi connectivity index (χ1) is 9.58. The minimum Gasteiger partial charge on any atom is -0.462 e. The highest BCUT2D eigenvalue weighted by Crippen LogP contribution is 2.39. The Bertz CT molecular complexity index is 542. The topological polar surface area (TPSA) is 99.6 Å². The Hall–Kier alpha value is -1.78. The lowest BCUT2D eigenvalue weighted by Gasteiger charge is -2.30. The molecule has 0 amide bonds. The minimum atomic E-state index is -0.496. The molecule has 20 heavy (non-hydrogen) atoms. The normalized spacial score (nSPS) is 15.9. The summed E-state index contributed by atoms with van der Waals surface area (Å²) in [5.74, 6) is -0.496. The summed E-state index contributed by atoms with van der Waals surface area (Å²) in [7, 11) is 0. The van der Waals surface area contributed by atoms with Gasteiger partial charge in [0.15, 0.2) is 0 Å². The average molecular weight is 295 g/mol. The fourth-order valence-electron chi connectivity index (χ4n) is 2.21. The van der Waals surface area contributed by atoms with Crippen molar-refractivity contribution >= 4 is 28.0 Å². The molecule has 6 nitrogen and oxygen atoms in total. The van der Waals surface area contributed by atoms with Gasteiger partial charge in [-0.05, 0) is 19.8 Å². The number of nitrogen functional groups attached to an aromatic ring is 1. The van der Waals surface area contributed by atoms with Crippen molar-refractivity contribution in [3.63, 3.8) is 0 Å². The molecule has 108 valence electrons. The van der Waals surface area contributed by atoms with Gasteiger partial charge in [-0.1, -0.05) is 0 Å². The van der Waals surface area contributed by atoms with Crippen LogP contribution in [0.2, 0.25) is 0 Å². The predicted molar refractivity (Wildman–Crippen MR) is 76.9 cm³/mol. The van der Waals surface area contributed by atoms with E-state index in [1.165, 1.54) is 11.3 Å². The van der Waals surface area contributed by atoms with Crippen LogP contribution in [-0.4, -0.2) is 36.9 Å². The fraction of sp³-hybridized carbons (Fsp3) is 0.538. The van der Waals surface area contributed by atoms with Crippen molar-refractivity contribution in [1.82, 2.24) is 0 Å². The first kappa shape index (κ1) is 14.6. The summed E-state index contributed by atoms with van der Waals surface area (Å²) in [6.07, 6.45) is 0.981. The highest BCUT2D eigenvalue weighted by molar-refractivity contribution is 7.17. The maximum atomic E-state index is 12.0. The van der Waals surface area contributed by atoms with E-state index in [4.69, 9.17) is 15.7 Å². The van der Waals surface area contributed by atoms with Gasteiger partial charge in [0.1, 0.15) is 21.5 Å². The zero-order valence-electron chi connectivity index (χ0n) is 11.3. The summed E-state index contributed by atoms with van der Waals surface area (Å²) in [4.78, 5) is 14.4. The molecule has 0 spiro atoms. The molecule has 7 heteroatoms. The lowest BCUT2D eigenvalue weighted by Crippen LogP contribution is -2.36. The number of hydrogen-bond acceptors (Lipinski definition) is 7. The van der Waals surface area contributed by atoms with Crippen LogP contribution in [-0.2, 0) is 4.74 Å². The van der Waals surface area contributed by atoms with E-state index >= 15 is 0 Å². The molecule has 1 aromatic rings. The molecule has 2 heterocycles. The number of thiophene rings is 1. The van der Waals surface area contributed by atoms with Gasteiger partial charge < -0.3 is 20.5 Å². The van der Waals surface area contributed by atoms with Gasteiger partial charge in [-0.15, -0.1) is 11.3 Å². The van der Waals surface area contributed by atoms with E-state index < -0.39 is 5.97 Å². The van der Waals surface area contributed by atoms with Crippen molar-refractivity contribution in [2.45, 2.75) is 25.9 Å². The third-order valence-electron chi connectivity index (χ3n) is 3.26. The number of aliphatic hydroxyl groups is 1. The largest absolute Gasteiger partial charge is 0.462 e. The Morgan fingerprint density at radius 1 is 1.60 bits per heavy atom. The first-order valence-electron chi connectivity index (χ1n) is 6.51. The Morgan fingerprint density at radius 3 is 2.80 bits per heavy atom. The molecule has 3 N–H and O–H groups in total. The third-order valence-corrected chi connectivity index (χ3v) is 4.43.